The second-order valence-corrected chi connectivity index (χ2v) is 6.66. The highest BCUT2D eigenvalue weighted by Crippen LogP contribution is 2.33. The van der Waals surface area contributed by atoms with E-state index in [0.29, 0.717) is 5.92 Å². The highest BCUT2D eigenvalue weighted by Gasteiger charge is 2.26. The van der Waals surface area contributed by atoms with Crippen LogP contribution in [0.3, 0.4) is 0 Å². The van der Waals surface area contributed by atoms with Crippen LogP contribution in [0.15, 0.2) is 22.7 Å². The van der Waals surface area contributed by atoms with Gasteiger partial charge in [-0.05, 0) is 54.9 Å². The lowest BCUT2D eigenvalue weighted by Crippen LogP contribution is -2.35. The van der Waals surface area contributed by atoms with Gasteiger partial charge in [-0.3, -0.25) is 0 Å². The molecule has 1 aliphatic rings. The Morgan fingerprint density at radius 1 is 1.42 bits per heavy atom. The summed E-state index contributed by atoms with van der Waals surface area (Å²) in [7, 11) is 0. The molecule has 1 aromatic carbocycles. The predicted molar refractivity (Wildman–Crippen MR) is 81.5 cm³/mol. The molecule has 2 rings (SSSR count). The average molecular weight is 328 g/mol. The van der Waals surface area contributed by atoms with Crippen molar-refractivity contribution in [2.24, 2.45) is 17.6 Å². The average Bonchev–Trinajstić information content (AvgIpc) is 2.43. The van der Waals surface area contributed by atoms with E-state index in [2.05, 4.69) is 22.9 Å². The van der Waals surface area contributed by atoms with Gasteiger partial charge in [-0.15, -0.1) is 0 Å². The smallest absolute Gasteiger partial charge is 0.123 e. The van der Waals surface area contributed by atoms with Gasteiger partial charge in [0, 0.05) is 10.5 Å². The lowest BCUT2D eigenvalue weighted by Gasteiger charge is -2.32. The number of benzene rings is 1. The Kier molecular flexibility index (Phi) is 5.40. The summed E-state index contributed by atoms with van der Waals surface area (Å²) in [6.45, 7) is 2.27. The van der Waals surface area contributed by atoms with Crippen LogP contribution in [0.4, 0.5) is 4.39 Å². The summed E-state index contributed by atoms with van der Waals surface area (Å²) >= 11 is 3.49. The summed E-state index contributed by atoms with van der Waals surface area (Å²) in [4.78, 5) is 0. The molecule has 1 nitrogen and oxygen atoms in total. The Morgan fingerprint density at radius 3 is 2.95 bits per heavy atom. The van der Waals surface area contributed by atoms with Gasteiger partial charge in [0.15, 0.2) is 0 Å². The van der Waals surface area contributed by atoms with Gasteiger partial charge in [-0.25, -0.2) is 4.39 Å². The van der Waals surface area contributed by atoms with Gasteiger partial charge in [-0.2, -0.15) is 0 Å². The minimum absolute atomic E-state index is 0.146. The maximum Gasteiger partial charge on any atom is 0.123 e. The highest BCUT2D eigenvalue weighted by atomic mass is 79.9. The summed E-state index contributed by atoms with van der Waals surface area (Å²) in [6.07, 6.45) is 7.13. The van der Waals surface area contributed by atoms with E-state index in [1.54, 1.807) is 12.1 Å². The van der Waals surface area contributed by atoms with Gasteiger partial charge in [0.2, 0.25) is 0 Å². The minimum Gasteiger partial charge on any atom is -0.327 e. The van der Waals surface area contributed by atoms with E-state index < -0.39 is 0 Å². The van der Waals surface area contributed by atoms with Gasteiger partial charge in [0.25, 0.3) is 0 Å². The third kappa shape index (κ3) is 4.03. The van der Waals surface area contributed by atoms with Crippen molar-refractivity contribution in [1.82, 2.24) is 0 Å². The summed E-state index contributed by atoms with van der Waals surface area (Å²) in [5.74, 6) is 1.25. The standard InChI is InChI=1S/C16H23BrFN/c1-2-11-4-3-5-12(8-11)16(19)10-13-9-14(18)6-7-15(13)17/h6-7,9,11-12,16H,2-5,8,10,19H2,1H3. The molecule has 3 heteroatoms. The molecule has 1 aliphatic carbocycles. The summed E-state index contributed by atoms with van der Waals surface area (Å²) < 4.78 is 14.3. The number of hydrogen-bond acceptors (Lipinski definition) is 1. The zero-order valence-electron chi connectivity index (χ0n) is 11.5. The van der Waals surface area contributed by atoms with Crippen molar-refractivity contribution in [3.63, 3.8) is 0 Å². The molecule has 3 atom stereocenters. The molecule has 106 valence electrons. The van der Waals surface area contributed by atoms with Gasteiger partial charge in [-0.1, -0.05) is 42.1 Å². The van der Waals surface area contributed by atoms with E-state index in [9.17, 15) is 4.39 Å². The fourth-order valence-corrected chi connectivity index (χ4v) is 3.62. The third-order valence-corrected chi connectivity index (χ3v) is 5.24. The number of rotatable bonds is 4. The van der Waals surface area contributed by atoms with Crippen LogP contribution in [0.2, 0.25) is 0 Å². The van der Waals surface area contributed by atoms with Crippen molar-refractivity contribution >= 4 is 15.9 Å². The van der Waals surface area contributed by atoms with Crippen LogP contribution < -0.4 is 5.73 Å². The van der Waals surface area contributed by atoms with Crippen molar-refractivity contribution in [3.05, 3.63) is 34.1 Å². The van der Waals surface area contributed by atoms with Crippen molar-refractivity contribution < 1.29 is 4.39 Å². The number of halogens is 2. The normalized spacial score (nSPS) is 25.3. The van der Waals surface area contributed by atoms with Gasteiger partial charge in [0.1, 0.15) is 5.82 Å². The molecule has 1 fully saturated rings. The molecule has 0 radical (unpaired) electrons. The largest absolute Gasteiger partial charge is 0.327 e. The lowest BCUT2D eigenvalue weighted by molar-refractivity contribution is 0.228. The first-order chi connectivity index (χ1) is 9.10. The van der Waals surface area contributed by atoms with Crippen molar-refractivity contribution in [2.45, 2.75) is 51.5 Å². The van der Waals surface area contributed by atoms with E-state index >= 15 is 0 Å². The monoisotopic (exact) mass is 327 g/mol. The molecule has 2 N–H and O–H groups in total. The molecule has 1 aromatic rings. The van der Waals surface area contributed by atoms with Crippen LogP contribution in [-0.2, 0) is 6.42 Å². The van der Waals surface area contributed by atoms with E-state index in [-0.39, 0.29) is 11.9 Å². The molecule has 0 saturated heterocycles. The van der Waals surface area contributed by atoms with Gasteiger partial charge >= 0.3 is 0 Å². The first-order valence-electron chi connectivity index (χ1n) is 7.29. The molecule has 0 aromatic heterocycles. The lowest BCUT2D eigenvalue weighted by atomic mass is 9.76. The van der Waals surface area contributed by atoms with Gasteiger partial charge in [0.05, 0.1) is 0 Å². The van der Waals surface area contributed by atoms with Crippen LogP contribution in [0.5, 0.6) is 0 Å². The van der Waals surface area contributed by atoms with E-state index in [1.165, 1.54) is 38.2 Å². The van der Waals surface area contributed by atoms with Crippen molar-refractivity contribution in [1.29, 1.82) is 0 Å². The van der Waals surface area contributed by atoms with Crippen molar-refractivity contribution in [3.8, 4) is 0 Å². The van der Waals surface area contributed by atoms with E-state index in [4.69, 9.17) is 5.73 Å². The molecule has 0 bridgehead atoms. The van der Waals surface area contributed by atoms with E-state index in [0.717, 1.165) is 22.4 Å². The predicted octanol–water partition coefficient (Wildman–Crippen LogP) is 4.67. The molecule has 0 spiro atoms. The summed E-state index contributed by atoms with van der Waals surface area (Å²) in [6, 6.07) is 5.00. The van der Waals surface area contributed by atoms with Crippen LogP contribution in [0.1, 0.15) is 44.6 Å². The number of hydrogen-bond donors (Lipinski definition) is 1. The van der Waals surface area contributed by atoms with Crippen LogP contribution in [0.25, 0.3) is 0 Å². The zero-order chi connectivity index (χ0) is 13.8. The third-order valence-electron chi connectivity index (χ3n) is 4.47. The second kappa shape index (κ2) is 6.85. The highest BCUT2D eigenvalue weighted by molar-refractivity contribution is 9.10. The maximum atomic E-state index is 13.3. The second-order valence-electron chi connectivity index (χ2n) is 5.80. The molecule has 1 saturated carbocycles. The van der Waals surface area contributed by atoms with Crippen molar-refractivity contribution in [2.75, 3.05) is 0 Å². The Bertz CT molecular complexity index is 421. The number of nitrogens with two attached hydrogens (primary N) is 1. The first kappa shape index (κ1) is 15.0. The zero-order valence-corrected chi connectivity index (χ0v) is 13.1. The van der Waals surface area contributed by atoms with E-state index in [1.807, 2.05) is 0 Å². The SMILES string of the molecule is CCC1CCCC(C(N)Cc2cc(F)ccc2Br)C1. The topological polar surface area (TPSA) is 26.0 Å². The molecule has 19 heavy (non-hydrogen) atoms. The Balaban J connectivity index is 2.00. The molecule has 3 unspecified atom stereocenters. The Labute approximate surface area is 123 Å². The molecule has 0 heterocycles. The maximum absolute atomic E-state index is 13.3. The molecule has 0 amide bonds. The molecular weight excluding hydrogens is 305 g/mol. The Hall–Kier alpha value is -0.410. The van der Waals surface area contributed by atoms with Crippen LogP contribution in [0, 0.1) is 17.7 Å². The minimum atomic E-state index is -0.180. The quantitative estimate of drug-likeness (QED) is 0.854. The van der Waals surface area contributed by atoms with Gasteiger partial charge < -0.3 is 5.73 Å². The fraction of sp³-hybridized carbons (Fsp3) is 0.625. The fourth-order valence-electron chi connectivity index (χ4n) is 3.21. The molecule has 0 aliphatic heterocycles. The van der Waals surface area contributed by atoms with Crippen LogP contribution >= 0.6 is 15.9 Å². The molecular formula is C16H23BrFN. The van der Waals surface area contributed by atoms with Crippen LogP contribution in [-0.4, -0.2) is 6.04 Å². The summed E-state index contributed by atoms with van der Waals surface area (Å²) in [5, 5.41) is 0. The summed E-state index contributed by atoms with van der Waals surface area (Å²) in [5.41, 5.74) is 7.36. The first-order valence-corrected chi connectivity index (χ1v) is 8.09. The Morgan fingerprint density at radius 2 is 2.21 bits per heavy atom.